The zero-order chi connectivity index (χ0) is 11.0. The van der Waals surface area contributed by atoms with Gasteiger partial charge in [0, 0.05) is 24.9 Å². The number of aromatic nitrogens is 1. The third-order valence-corrected chi connectivity index (χ3v) is 2.85. The fourth-order valence-corrected chi connectivity index (χ4v) is 1.89. The van der Waals surface area contributed by atoms with Gasteiger partial charge in [-0.1, -0.05) is 19.0 Å². The molecule has 0 radical (unpaired) electrons. The van der Waals surface area contributed by atoms with Gasteiger partial charge >= 0.3 is 0 Å². The van der Waals surface area contributed by atoms with E-state index in [0.29, 0.717) is 12.3 Å². The number of ketones is 1. The highest BCUT2D eigenvalue weighted by Gasteiger charge is 2.33. The van der Waals surface area contributed by atoms with Gasteiger partial charge in [0.15, 0.2) is 5.78 Å². The van der Waals surface area contributed by atoms with Gasteiger partial charge in [-0.3, -0.25) is 9.69 Å². The number of rotatable bonds is 2. The maximum Gasteiger partial charge on any atom is 0.157 e. The van der Waals surface area contributed by atoms with Gasteiger partial charge in [0.25, 0.3) is 0 Å². The molecule has 0 saturated carbocycles. The maximum absolute atomic E-state index is 11.6. The molecule has 0 spiro atoms. The number of Topliss-reactive ketones (excluding diaryl/α,β-unsaturated/α-hetero) is 1. The first kappa shape index (κ1) is 10.4. The van der Waals surface area contributed by atoms with E-state index in [1.165, 1.54) is 0 Å². The predicted molar refractivity (Wildman–Crippen MR) is 55.6 cm³/mol. The van der Waals surface area contributed by atoms with Gasteiger partial charge in [-0.15, -0.1) is 0 Å². The minimum absolute atomic E-state index is 0.193. The molecular formula is C11H16N2O2. The van der Waals surface area contributed by atoms with Gasteiger partial charge in [-0.25, -0.2) is 0 Å². The second-order valence-corrected chi connectivity index (χ2v) is 4.41. The number of hydrogen-bond donors (Lipinski definition) is 0. The average molecular weight is 208 g/mol. The number of carbonyl (C=O) groups excluding carboxylic acids is 1. The van der Waals surface area contributed by atoms with Crippen LogP contribution in [0.1, 0.15) is 43.7 Å². The van der Waals surface area contributed by atoms with Crippen molar-refractivity contribution in [2.45, 2.75) is 32.2 Å². The summed E-state index contributed by atoms with van der Waals surface area (Å²) in [4.78, 5) is 13.7. The minimum Gasteiger partial charge on any atom is -0.361 e. The molecule has 0 aromatic carbocycles. The number of likely N-dealkylation sites (N-methyl/N-ethyl adjacent to an activating group) is 1. The van der Waals surface area contributed by atoms with Gasteiger partial charge in [0.05, 0.1) is 0 Å². The molecule has 15 heavy (non-hydrogen) atoms. The summed E-state index contributed by atoms with van der Waals surface area (Å²) in [6, 6.07) is 1.70. The monoisotopic (exact) mass is 208 g/mol. The Morgan fingerprint density at radius 3 is 2.80 bits per heavy atom. The van der Waals surface area contributed by atoms with Crippen LogP contribution in [0.15, 0.2) is 10.6 Å². The molecule has 2 heterocycles. The fourth-order valence-electron chi connectivity index (χ4n) is 1.89. The summed E-state index contributed by atoms with van der Waals surface area (Å²) in [5.74, 6) is 1.40. The summed E-state index contributed by atoms with van der Waals surface area (Å²) in [6.45, 7) is 4.91. The molecule has 1 fully saturated rings. The number of likely N-dealkylation sites (tertiary alicyclic amines) is 1. The lowest BCUT2D eigenvalue weighted by Gasteiger charge is -2.14. The van der Waals surface area contributed by atoms with Gasteiger partial charge in [0.1, 0.15) is 17.5 Å². The highest BCUT2D eigenvalue weighted by Crippen LogP contribution is 2.28. The van der Waals surface area contributed by atoms with E-state index in [4.69, 9.17) is 4.52 Å². The van der Waals surface area contributed by atoms with Crippen LogP contribution < -0.4 is 0 Å². The number of hydrogen-bond acceptors (Lipinski definition) is 4. The third kappa shape index (κ3) is 1.81. The van der Waals surface area contributed by atoms with Crippen molar-refractivity contribution < 1.29 is 9.32 Å². The van der Waals surface area contributed by atoms with Crippen LogP contribution in [-0.2, 0) is 4.79 Å². The largest absolute Gasteiger partial charge is 0.361 e. The van der Waals surface area contributed by atoms with Crippen LogP contribution in [0.2, 0.25) is 0 Å². The number of carbonyl (C=O) groups is 1. The molecule has 1 aromatic rings. The highest BCUT2D eigenvalue weighted by molar-refractivity contribution is 5.86. The molecule has 1 aromatic heterocycles. The molecule has 0 amide bonds. The first-order chi connectivity index (χ1) is 7.09. The topological polar surface area (TPSA) is 46.3 Å². The lowest BCUT2D eigenvalue weighted by Crippen LogP contribution is -2.21. The maximum atomic E-state index is 11.6. The first-order valence-corrected chi connectivity index (χ1v) is 5.29. The fraction of sp³-hybridized carbons (Fsp3) is 0.636. The Morgan fingerprint density at radius 1 is 1.60 bits per heavy atom. The van der Waals surface area contributed by atoms with Gasteiger partial charge in [-0.2, -0.15) is 0 Å². The van der Waals surface area contributed by atoms with Crippen molar-refractivity contribution in [3.8, 4) is 0 Å². The third-order valence-electron chi connectivity index (χ3n) is 2.85. The smallest absolute Gasteiger partial charge is 0.157 e. The summed E-state index contributed by atoms with van der Waals surface area (Å²) >= 11 is 0. The molecule has 0 N–H and O–H groups in total. The average Bonchev–Trinajstić information content (AvgIpc) is 2.73. The highest BCUT2D eigenvalue weighted by atomic mass is 16.5. The quantitative estimate of drug-likeness (QED) is 0.742. The van der Waals surface area contributed by atoms with Crippen LogP contribution in [0.25, 0.3) is 0 Å². The van der Waals surface area contributed by atoms with Crippen LogP contribution in [0.3, 0.4) is 0 Å². The summed E-state index contributed by atoms with van der Waals surface area (Å²) in [5, 5.41) is 3.98. The molecule has 4 heteroatoms. The van der Waals surface area contributed by atoms with Crippen LogP contribution in [-0.4, -0.2) is 29.4 Å². The second-order valence-electron chi connectivity index (χ2n) is 4.41. The van der Waals surface area contributed by atoms with E-state index in [2.05, 4.69) is 5.16 Å². The first-order valence-electron chi connectivity index (χ1n) is 5.29. The molecule has 2 rings (SSSR count). The van der Waals surface area contributed by atoms with E-state index in [-0.39, 0.29) is 11.8 Å². The summed E-state index contributed by atoms with van der Waals surface area (Å²) in [6.07, 6.45) is 0.616. The molecule has 1 aliphatic heterocycles. The van der Waals surface area contributed by atoms with Crippen LogP contribution in [0.5, 0.6) is 0 Å². The van der Waals surface area contributed by atoms with Crippen molar-refractivity contribution in [3.05, 3.63) is 17.5 Å². The van der Waals surface area contributed by atoms with E-state index in [9.17, 15) is 4.79 Å². The van der Waals surface area contributed by atoms with Crippen LogP contribution in [0.4, 0.5) is 0 Å². The van der Waals surface area contributed by atoms with Crippen molar-refractivity contribution in [3.63, 3.8) is 0 Å². The van der Waals surface area contributed by atoms with Crippen molar-refractivity contribution >= 4 is 5.78 Å². The lowest BCUT2D eigenvalue weighted by molar-refractivity contribution is -0.120. The Kier molecular flexibility index (Phi) is 2.61. The Balaban J connectivity index is 2.25. The van der Waals surface area contributed by atoms with Crippen molar-refractivity contribution in [2.75, 3.05) is 13.6 Å². The Labute approximate surface area is 89.2 Å². The van der Waals surface area contributed by atoms with Crippen molar-refractivity contribution in [1.82, 2.24) is 10.1 Å². The van der Waals surface area contributed by atoms with E-state index >= 15 is 0 Å². The molecule has 1 unspecified atom stereocenters. The zero-order valence-corrected chi connectivity index (χ0v) is 9.36. The molecule has 1 aliphatic rings. The lowest BCUT2D eigenvalue weighted by atomic mass is 10.1. The number of nitrogens with zero attached hydrogens (tertiary/aromatic N) is 2. The Bertz CT molecular complexity index is 370. The van der Waals surface area contributed by atoms with Crippen LogP contribution in [0, 0.1) is 0 Å². The van der Waals surface area contributed by atoms with Crippen molar-refractivity contribution in [1.29, 1.82) is 0 Å². The van der Waals surface area contributed by atoms with E-state index in [1.54, 1.807) is 0 Å². The molecule has 4 nitrogen and oxygen atoms in total. The SMILES string of the molecule is CC(C)c1cc(C2C(=O)CCN2C)no1. The molecule has 1 atom stereocenters. The van der Waals surface area contributed by atoms with E-state index in [1.807, 2.05) is 31.9 Å². The van der Waals surface area contributed by atoms with Crippen molar-refractivity contribution in [2.24, 2.45) is 0 Å². The zero-order valence-electron chi connectivity index (χ0n) is 9.36. The van der Waals surface area contributed by atoms with E-state index < -0.39 is 0 Å². The van der Waals surface area contributed by atoms with Crippen LogP contribution >= 0.6 is 0 Å². The predicted octanol–water partition coefficient (Wildman–Crippen LogP) is 1.74. The molecule has 1 saturated heterocycles. The standard InChI is InChI=1S/C11H16N2O2/c1-7(2)10-6-8(12-15-10)11-9(14)4-5-13(11)3/h6-7,11H,4-5H2,1-3H3. The molecular weight excluding hydrogens is 192 g/mol. The molecule has 0 aliphatic carbocycles. The summed E-state index contributed by atoms with van der Waals surface area (Å²) in [7, 11) is 1.94. The van der Waals surface area contributed by atoms with Gasteiger partial charge in [-0.05, 0) is 7.05 Å². The Morgan fingerprint density at radius 2 is 2.33 bits per heavy atom. The minimum atomic E-state index is -0.193. The molecule has 82 valence electrons. The van der Waals surface area contributed by atoms with E-state index in [0.717, 1.165) is 18.0 Å². The Hall–Kier alpha value is -1.16. The van der Waals surface area contributed by atoms with Gasteiger partial charge < -0.3 is 4.52 Å². The normalized spacial score (nSPS) is 22.9. The summed E-state index contributed by atoms with van der Waals surface area (Å²) < 4.78 is 5.21. The second kappa shape index (κ2) is 3.77. The molecule has 0 bridgehead atoms. The van der Waals surface area contributed by atoms with Gasteiger partial charge in [0.2, 0.25) is 0 Å². The summed E-state index contributed by atoms with van der Waals surface area (Å²) in [5.41, 5.74) is 0.753.